The highest BCUT2D eigenvalue weighted by Gasteiger charge is 2.07. The Balaban J connectivity index is 0.000000515. The molecule has 0 aromatic heterocycles. The number of nitrogen functional groups attached to an aromatic ring is 1. The Hall–Kier alpha value is -1.75. The molecule has 5 heteroatoms. The lowest BCUT2D eigenvalue weighted by Crippen LogP contribution is -2.22. The van der Waals surface area contributed by atoms with E-state index in [0.29, 0.717) is 5.69 Å². The van der Waals surface area contributed by atoms with Gasteiger partial charge in [-0.2, -0.15) is 0 Å². The third-order valence-corrected chi connectivity index (χ3v) is 3.77. The van der Waals surface area contributed by atoms with Gasteiger partial charge in [-0.25, -0.2) is 0 Å². The van der Waals surface area contributed by atoms with Gasteiger partial charge >= 0.3 is 0 Å². The Morgan fingerprint density at radius 2 is 2.04 bits per heavy atom. The average molecular weight is 323 g/mol. The molecule has 0 saturated heterocycles. The first kappa shape index (κ1) is 21.2. The maximum atomic E-state index is 11.1. The van der Waals surface area contributed by atoms with Crippen LogP contribution >= 0.6 is 0 Å². The fourth-order valence-corrected chi connectivity index (χ4v) is 1.82. The fourth-order valence-electron chi connectivity index (χ4n) is 1.82. The largest absolute Gasteiger partial charge is 0.397 e. The topological polar surface area (TPSA) is 67.6 Å². The van der Waals surface area contributed by atoms with Gasteiger partial charge in [-0.05, 0) is 37.5 Å². The van der Waals surface area contributed by atoms with Gasteiger partial charge in [-0.3, -0.25) is 4.79 Å². The Kier molecular flexibility index (Phi) is 10.9. The van der Waals surface area contributed by atoms with Crippen molar-refractivity contribution in [1.29, 1.82) is 0 Å². The second-order valence-corrected chi connectivity index (χ2v) is 5.67. The van der Waals surface area contributed by atoms with Crippen molar-refractivity contribution in [3.8, 4) is 0 Å². The lowest BCUT2D eigenvalue weighted by Gasteiger charge is -2.17. The summed E-state index contributed by atoms with van der Waals surface area (Å²) in [6.07, 6.45) is 2.47. The minimum Gasteiger partial charge on any atom is -0.397 e. The number of rotatable bonds is 7. The molecule has 0 spiro atoms. The number of nitrogens with two attached hydrogens (primary N) is 1. The first-order valence-electron chi connectivity index (χ1n) is 8.23. The highest BCUT2D eigenvalue weighted by atomic mass is 16.5. The van der Waals surface area contributed by atoms with E-state index in [1.165, 1.54) is 19.8 Å². The number of ether oxygens (including phenoxy) is 1. The summed E-state index contributed by atoms with van der Waals surface area (Å²) in [6.45, 7) is 9.73. The summed E-state index contributed by atoms with van der Waals surface area (Å²) in [6, 6.07) is 5.54. The van der Waals surface area contributed by atoms with Gasteiger partial charge in [0.2, 0.25) is 5.91 Å². The van der Waals surface area contributed by atoms with Crippen molar-refractivity contribution in [3.63, 3.8) is 0 Å². The van der Waals surface area contributed by atoms with Crippen molar-refractivity contribution >= 4 is 23.0 Å². The number of hydrogen-bond donors (Lipinski definition) is 2. The van der Waals surface area contributed by atoms with Crippen LogP contribution in [0.25, 0.3) is 0 Å². The van der Waals surface area contributed by atoms with Crippen LogP contribution in [-0.2, 0) is 9.53 Å². The normalized spacial score (nSPS) is 11.2. The SMILES string of the molecule is CCC(C)CCOC.CCNc1ccc(N(C)C(C)=O)cc1N. The van der Waals surface area contributed by atoms with E-state index in [2.05, 4.69) is 19.2 Å². The van der Waals surface area contributed by atoms with Gasteiger partial charge in [-0.1, -0.05) is 20.3 Å². The lowest BCUT2D eigenvalue weighted by atomic mass is 10.1. The lowest BCUT2D eigenvalue weighted by molar-refractivity contribution is -0.116. The Morgan fingerprint density at radius 1 is 1.39 bits per heavy atom. The Labute approximate surface area is 141 Å². The monoisotopic (exact) mass is 323 g/mol. The van der Waals surface area contributed by atoms with Crippen LogP contribution in [0.1, 0.15) is 40.5 Å². The van der Waals surface area contributed by atoms with Crippen LogP contribution < -0.4 is 16.0 Å². The number of carbonyl (C=O) groups is 1. The molecule has 23 heavy (non-hydrogen) atoms. The third-order valence-electron chi connectivity index (χ3n) is 3.77. The number of nitrogens with one attached hydrogen (secondary N) is 1. The summed E-state index contributed by atoms with van der Waals surface area (Å²) in [5.74, 6) is 0.820. The van der Waals surface area contributed by atoms with Crippen LogP contribution in [0.2, 0.25) is 0 Å². The minimum atomic E-state index is -0.00870. The molecule has 0 bridgehead atoms. The van der Waals surface area contributed by atoms with Gasteiger partial charge in [0, 0.05) is 39.9 Å². The molecule has 1 rings (SSSR count). The molecule has 0 aliphatic heterocycles. The molecular formula is C18H33N3O2. The van der Waals surface area contributed by atoms with Gasteiger partial charge < -0.3 is 20.7 Å². The summed E-state index contributed by atoms with van der Waals surface area (Å²) in [5.41, 5.74) is 8.21. The molecule has 1 amide bonds. The van der Waals surface area contributed by atoms with Crippen molar-refractivity contribution < 1.29 is 9.53 Å². The molecule has 0 aliphatic rings. The van der Waals surface area contributed by atoms with Crippen molar-refractivity contribution in [1.82, 2.24) is 0 Å². The van der Waals surface area contributed by atoms with E-state index < -0.39 is 0 Å². The zero-order valence-corrected chi connectivity index (χ0v) is 15.5. The number of anilines is 3. The van der Waals surface area contributed by atoms with E-state index in [0.717, 1.165) is 30.4 Å². The van der Waals surface area contributed by atoms with Crippen LogP contribution in [0, 0.1) is 5.92 Å². The molecule has 3 N–H and O–H groups in total. The van der Waals surface area contributed by atoms with Crippen molar-refractivity contribution in [2.75, 3.05) is 43.3 Å². The van der Waals surface area contributed by atoms with Crippen LogP contribution in [0.3, 0.4) is 0 Å². The highest BCUT2D eigenvalue weighted by Crippen LogP contribution is 2.24. The maximum absolute atomic E-state index is 11.1. The molecule has 1 aromatic carbocycles. The highest BCUT2D eigenvalue weighted by molar-refractivity contribution is 5.92. The maximum Gasteiger partial charge on any atom is 0.223 e. The first-order valence-corrected chi connectivity index (χ1v) is 8.23. The number of methoxy groups -OCH3 is 1. The molecule has 132 valence electrons. The van der Waals surface area contributed by atoms with Crippen molar-refractivity contribution in [2.45, 2.75) is 40.5 Å². The van der Waals surface area contributed by atoms with Gasteiger partial charge in [0.25, 0.3) is 0 Å². The molecule has 5 nitrogen and oxygen atoms in total. The fraction of sp³-hybridized carbons (Fsp3) is 0.611. The molecule has 0 radical (unpaired) electrons. The molecule has 0 saturated carbocycles. The third kappa shape index (κ3) is 8.45. The quantitative estimate of drug-likeness (QED) is 0.750. The Morgan fingerprint density at radius 3 is 2.48 bits per heavy atom. The summed E-state index contributed by atoms with van der Waals surface area (Å²) < 4.78 is 4.91. The smallest absolute Gasteiger partial charge is 0.223 e. The summed E-state index contributed by atoms with van der Waals surface area (Å²) >= 11 is 0. The number of carbonyl (C=O) groups excluding carboxylic acids is 1. The Bertz CT molecular complexity index is 464. The second kappa shape index (κ2) is 11.8. The van der Waals surface area contributed by atoms with Crippen LogP contribution in [0.15, 0.2) is 18.2 Å². The van der Waals surface area contributed by atoms with E-state index in [1.807, 2.05) is 19.1 Å². The van der Waals surface area contributed by atoms with Gasteiger partial charge in [0.15, 0.2) is 0 Å². The van der Waals surface area contributed by atoms with Crippen LogP contribution in [0.5, 0.6) is 0 Å². The zero-order valence-electron chi connectivity index (χ0n) is 15.5. The van der Waals surface area contributed by atoms with E-state index in [9.17, 15) is 4.79 Å². The summed E-state index contributed by atoms with van der Waals surface area (Å²) in [5, 5.41) is 3.14. The predicted molar refractivity (Wildman–Crippen MR) is 100 cm³/mol. The molecule has 1 aromatic rings. The van der Waals surface area contributed by atoms with Crippen molar-refractivity contribution in [2.24, 2.45) is 5.92 Å². The van der Waals surface area contributed by atoms with E-state index in [1.54, 1.807) is 25.1 Å². The standard InChI is InChI=1S/C11H17N3O.C7H16O/c1-4-13-11-6-5-9(7-10(11)12)14(3)8(2)15;1-4-7(2)5-6-8-3/h5-7,13H,4,12H2,1-3H3;7H,4-6H2,1-3H3. The van der Waals surface area contributed by atoms with E-state index >= 15 is 0 Å². The second-order valence-electron chi connectivity index (χ2n) is 5.67. The average Bonchev–Trinajstić information content (AvgIpc) is 2.54. The van der Waals surface area contributed by atoms with E-state index in [4.69, 9.17) is 10.5 Å². The molecule has 0 heterocycles. The van der Waals surface area contributed by atoms with Crippen molar-refractivity contribution in [3.05, 3.63) is 18.2 Å². The molecule has 1 atom stereocenters. The summed E-state index contributed by atoms with van der Waals surface area (Å²) in [4.78, 5) is 12.7. The van der Waals surface area contributed by atoms with E-state index in [-0.39, 0.29) is 5.91 Å². The number of benzene rings is 1. The van der Waals surface area contributed by atoms with Gasteiger partial charge in [-0.15, -0.1) is 0 Å². The van der Waals surface area contributed by atoms with Gasteiger partial charge in [0.1, 0.15) is 0 Å². The van der Waals surface area contributed by atoms with Crippen LogP contribution in [-0.4, -0.2) is 33.2 Å². The van der Waals surface area contributed by atoms with Gasteiger partial charge in [0.05, 0.1) is 11.4 Å². The number of amides is 1. The minimum absolute atomic E-state index is 0.00870. The number of hydrogen-bond acceptors (Lipinski definition) is 4. The zero-order chi connectivity index (χ0) is 17.8. The molecule has 0 aliphatic carbocycles. The molecule has 0 fully saturated rings. The number of nitrogens with zero attached hydrogens (tertiary/aromatic N) is 1. The molecule has 1 unspecified atom stereocenters. The predicted octanol–water partition coefficient (Wildman–Crippen LogP) is 3.75. The molecular weight excluding hydrogens is 290 g/mol. The van der Waals surface area contributed by atoms with Crippen LogP contribution in [0.4, 0.5) is 17.1 Å². The summed E-state index contributed by atoms with van der Waals surface area (Å²) in [7, 11) is 3.48. The first-order chi connectivity index (χ1) is 10.9.